The number of carbonyl (C=O) groups is 1. The molecule has 16 heavy (non-hydrogen) atoms. The molecule has 1 unspecified atom stereocenters. The third kappa shape index (κ3) is 2.11. The molecule has 0 bridgehead atoms. The Labute approximate surface area is 92.9 Å². The molecule has 0 saturated carbocycles. The van der Waals surface area contributed by atoms with E-state index in [9.17, 15) is 4.79 Å². The SMILES string of the molecule is CC1COCCN1c1cncc(C(=O)O)n1. The van der Waals surface area contributed by atoms with Gasteiger partial charge in [0.2, 0.25) is 0 Å². The van der Waals surface area contributed by atoms with E-state index in [-0.39, 0.29) is 11.7 Å². The molecule has 1 aliphatic rings. The lowest BCUT2D eigenvalue weighted by Gasteiger charge is -2.33. The van der Waals surface area contributed by atoms with Gasteiger partial charge in [-0.05, 0) is 6.92 Å². The Balaban J connectivity index is 2.25. The molecule has 2 heterocycles. The van der Waals surface area contributed by atoms with Gasteiger partial charge in [-0.3, -0.25) is 4.98 Å². The molecular weight excluding hydrogens is 210 g/mol. The summed E-state index contributed by atoms with van der Waals surface area (Å²) in [5, 5.41) is 8.83. The molecule has 0 aliphatic carbocycles. The van der Waals surface area contributed by atoms with Crippen LogP contribution in [0.25, 0.3) is 0 Å². The van der Waals surface area contributed by atoms with Crippen LogP contribution < -0.4 is 4.90 Å². The number of carboxylic acids is 1. The van der Waals surface area contributed by atoms with Crippen LogP contribution in [0.5, 0.6) is 0 Å². The predicted molar refractivity (Wildman–Crippen MR) is 56.6 cm³/mol. The number of aromatic carboxylic acids is 1. The van der Waals surface area contributed by atoms with Crippen LogP contribution in [-0.2, 0) is 4.74 Å². The number of rotatable bonds is 2. The lowest BCUT2D eigenvalue weighted by Crippen LogP contribution is -2.44. The maximum Gasteiger partial charge on any atom is 0.356 e. The van der Waals surface area contributed by atoms with E-state index >= 15 is 0 Å². The summed E-state index contributed by atoms with van der Waals surface area (Å²) in [5.41, 5.74) is -0.0313. The highest BCUT2D eigenvalue weighted by Crippen LogP contribution is 2.16. The molecule has 6 heteroatoms. The molecule has 1 aliphatic heterocycles. The highest BCUT2D eigenvalue weighted by Gasteiger charge is 2.21. The molecule has 0 spiro atoms. The molecule has 1 aromatic heterocycles. The Kier molecular flexibility index (Phi) is 3.00. The lowest BCUT2D eigenvalue weighted by molar-refractivity contribution is 0.0689. The Bertz CT molecular complexity index is 397. The summed E-state index contributed by atoms with van der Waals surface area (Å²) in [6.07, 6.45) is 2.82. The number of anilines is 1. The van der Waals surface area contributed by atoms with Crippen LogP contribution in [0.2, 0.25) is 0 Å². The van der Waals surface area contributed by atoms with Crippen molar-refractivity contribution in [2.45, 2.75) is 13.0 Å². The zero-order valence-electron chi connectivity index (χ0n) is 8.96. The van der Waals surface area contributed by atoms with Crippen molar-refractivity contribution in [1.82, 2.24) is 9.97 Å². The van der Waals surface area contributed by atoms with E-state index in [0.29, 0.717) is 25.6 Å². The van der Waals surface area contributed by atoms with Crippen LogP contribution in [-0.4, -0.2) is 46.8 Å². The Morgan fingerprint density at radius 1 is 1.62 bits per heavy atom. The summed E-state index contributed by atoms with van der Waals surface area (Å²) < 4.78 is 5.30. The molecule has 0 radical (unpaired) electrons. The van der Waals surface area contributed by atoms with Gasteiger partial charge in [-0.25, -0.2) is 9.78 Å². The monoisotopic (exact) mass is 223 g/mol. The summed E-state index contributed by atoms with van der Waals surface area (Å²) in [4.78, 5) is 20.7. The molecule has 2 rings (SSSR count). The van der Waals surface area contributed by atoms with E-state index in [1.165, 1.54) is 6.20 Å². The van der Waals surface area contributed by atoms with Crippen LogP contribution in [0, 0.1) is 0 Å². The number of hydrogen-bond donors (Lipinski definition) is 1. The van der Waals surface area contributed by atoms with E-state index in [0.717, 1.165) is 0 Å². The summed E-state index contributed by atoms with van der Waals surface area (Å²) >= 11 is 0. The first-order chi connectivity index (χ1) is 7.68. The number of hydrogen-bond acceptors (Lipinski definition) is 5. The number of morpholine rings is 1. The van der Waals surface area contributed by atoms with Gasteiger partial charge in [-0.15, -0.1) is 0 Å². The first kappa shape index (κ1) is 10.8. The molecule has 1 atom stereocenters. The second-order valence-corrected chi connectivity index (χ2v) is 3.68. The quantitative estimate of drug-likeness (QED) is 0.782. The number of nitrogens with zero attached hydrogens (tertiary/aromatic N) is 3. The first-order valence-corrected chi connectivity index (χ1v) is 5.08. The molecule has 1 N–H and O–H groups in total. The van der Waals surface area contributed by atoms with Crippen LogP contribution >= 0.6 is 0 Å². The Morgan fingerprint density at radius 3 is 3.12 bits per heavy atom. The third-order valence-corrected chi connectivity index (χ3v) is 2.50. The van der Waals surface area contributed by atoms with Gasteiger partial charge in [0.25, 0.3) is 0 Å². The molecule has 6 nitrogen and oxygen atoms in total. The van der Waals surface area contributed by atoms with Gasteiger partial charge in [0, 0.05) is 6.54 Å². The molecule has 0 amide bonds. The fraction of sp³-hybridized carbons (Fsp3) is 0.500. The van der Waals surface area contributed by atoms with E-state index in [1.807, 2.05) is 11.8 Å². The summed E-state index contributed by atoms with van der Waals surface area (Å²) in [7, 11) is 0. The van der Waals surface area contributed by atoms with Crippen molar-refractivity contribution in [3.05, 3.63) is 18.1 Å². The largest absolute Gasteiger partial charge is 0.476 e. The second kappa shape index (κ2) is 4.44. The van der Waals surface area contributed by atoms with E-state index in [4.69, 9.17) is 9.84 Å². The molecule has 1 saturated heterocycles. The lowest BCUT2D eigenvalue weighted by atomic mass is 10.2. The standard InChI is InChI=1S/C10H13N3O3/c1-7-6-16-3-2-13(7)9-5-11-4-8(12-9)10(14)15/h4-5,7H,2-3,6H2,1H3,(H,14,15). The summed E-state index contributed by atoms with van der Waals surface area (Å²) in [6.45, 7) is 3.97. The molecule has 1 aromatic rings. The minimum Gasteiger partial charge on any atom is -0.476 e. The van der Waals surface area contributed by atoms with Crippen molar-refractivity contribution in [3.63, 3.8) is 0 Å². The molecule has 0 aromatic carbocycles. The normalized spacial score (nSPS) is 20.8. The fourth-order valence-corrected chi connectivity index (χ4v) is 1.66. The summed E-state index contributed by atoms with van der Waals surface area (Å²) in [6, 6.07) is 0.187. The van der Waals surface area contributed by atoms with Gasteiger partial charge >= 0.3 is 5.97 Å². The minimum atomic E-state index is -1.06. The van der Waals surface area contributed by atoms with Gasteiger partial charge in [-0.2, -0.15) is 0 Å². The van der Waals surface area contributed by atoms with Crippen LogP contribution in [0.3, 0.4) is 0 Å². The van der Waals surface area contributed by atoms with Gasteiger partial charge in [0.1, 0.15) is 5.82 Å². The van der Waals surface area contributed by atoms with Gasteiger partial charge in [0.15, 0.2) is 5.69 Å². The smallest absolute Gasteiger partial charge is 0.356 e. The van der Waals surface area contributed by atoms with Crippen molar-refractivity contribution in [1.29, 1.82) is 0 Å². The van der Waals surface area contributed by atoms with Crippen molar-refractivity contribution in [2.24, 2.45) is 0 Å². The first-order valence-electron chi connectivity index (χ1n) is 5.08. The molecular formula is C10H13N3O3. The van der Waals surface area contributed by atoms with E-state index in [1.54, 1.807) is 6.20 Å². The van der Waals surface area contributed by atoms with E-state index in [2.05, 4.69) is 9.97 Å². The number of ether oxygens (including phenoxy) is 1. The number of aromatic nitrogens is 2. The predicted octanol–water partition coefficient (Wildman–Crippen LogP) is 0.400. The summed E-state index contributed by atoms with van der Waals surface area (Å²) in [5.74, 6) is -0.467. The topological polar surface area (TPSA) is 75.5 Å². The average Bonchev–Trinajstić information content (AvgIpc) is 2.30. The van der Waals surface area contributed by atoms with Crippen LogP contribution in [0.4, 0.5) is 5.82 Å². The van der Waals surface area contributed by atoms with Crippen LogP contribution in [0.1, 0.15) is 17.4 Å². The average molecular weight is 223 g/mol. The van der Waals surface area contributed by atoms with Crippen molar-refractivity contribution >= 4 is 11.8 Å². The Morgan fingerprint density at radius 2 is 2.44 bits per heavy atom. The zero-order chi connectivity index (χ0) is 11.5. The minimum absolute atomic E-state index is 0.0313. The fourth-order valence-electron chi connectivity index (χ4n) is 1.66. The maximum atomic E-state index is 10.8. The third-order valence-electron chi connectivity index (χ3n) is 2.50. The van der Waals surface area contributed by atoms with E-state index < -0.39 is 5.97 Å². The van der Waals surface area contributed by atoms with Crippen LogP contribution in [0.15, 0.2) is 12.4 Å². The maximum absolute atomic E-state index is 10.8. The van der Waals surface area contributed by atoms with Crippen molar-refractivity contribution < 1.29 is 14.6 Å². The molecule has 86 valence electrons. The van der Waals surface area contributed by atoms with Gasteiger partial charge < -0.3 is 14.7 Å². The highest BCUT2D eigenvalue weighted by molar-refractivity contribution is 5.85. The second-order valence-electron chi connectivity index (χ2n) is 3.68. The molecule has 1 fully saturated rings. The van der Waals surface area contributed by atoms with Gasteiger partial charge in [0.05, 0.1) is 31.6 Å². The number of carboxylic acid groups (broad SMARTS) is 1. The highest BCUT2D eigenvalue weighted by atomic mass is 16.5. The van der Waals surface area contributed by atoms with Crippen molar-refractivity contribution in [2.75, 3.05) is 24.7 Å². The Hall–Kier alpha value is -1.69. The van der Waals surface area contributed by atoms with Crippen molar-refractivity contribution in [3.8, 4) is 0 Å². The zero-order valence-corrected chi connectivity index (χ0v) is 8.96. The van der Waals surface area contributed by atoms with Gasteiger partial charge in [-0.1, -0.05) is 0 Å².